The molecule has 14 nitrogen and oxygen atoms in total. The zero-order valence-corrected chi connectivity index (χ0v) is 29.0. The summed E-state index contributed by atoms with van der Waals surface area (Å²) < 4.78 is 81.3. The molecule has 2 aromatic heterocycles. The lowest BCUT2D eigenvalue weighted by molar-refractivity contribution is 0.122. The third-order valence-corrected chi connectivity index (χ3v) is 10.4. The van der Waals surface area contributed by atoms with Crippen LogP contribution in [0.5, 0.6) is 23.1 Å². The summed E-state index contributed by atoms with van der Waals surface area (Å²) in [6.07, 6.45) is 1.51. The molecule has 256 valence electrons. The highest BCUT2D eigenvalue weighted by molar-refractivity contribution is 7.92. The summed E-state index contributed by atoms with van der Waals surface area (Å²) in [4.78, 5) is 15.4. The molecule has 0 spiro atoms. The Morgan fingerprint density at radius 2 is 1.65 bits per heavy atom. The van der Waals surface area contributed by atoms with E-state index in [1.54, 1.807) is 48.5 Å². The number of nitrogens with zero attached hydrogens (tertiary/aromatic N) is 4. The van der Waals surface area contributed by atoms with Gasteiger partial charge in [0.15, 0.2) is 22.3 Å². The van der Waals surface area contributed by atoms with E-state index in [2.05, 4.69) is 37.0 Å². The molecule has 48 heavy (non-hydrogen) atoms. The summed E-state index contributed by atoms with van der Waals surface area (Å²) in [6.45, 7) is 5.25. The minimum absolute atomic E-state index is 0.0110. The third kappa shape index (κ3) is 8.46. The highest BCUT2D eigenvalue weighted by Gasteiger charge is 2.28. The fourth-order valence-electron chi connectivity index (χ4n) is 4.55. The van der Waals surface area contributed by atoms with Gasteiger partial charge in [-0.25, -0.2) is 18.1 Å². The Morgan fingerprint density at radius 3 is 2.31 bits per heavy atom. The lowest BCUT2D eigenvalue weighted by Crippen LogP contribution is -2.37. The van der Waals surface area contributed by atoms with Gasteiger partial charge in [-0.05, 0) is 41.8 Å². The van der Waals surface area contributed by atoms with Gasteiger partial charge in [0.2, 0.25) is 21.7 Å². The van der Waals surface area contributed by atoms with E-state index in [9.17, 15) is 16.8 Å². The number of rotatable bonds is 14. The van der Waals surface area contributed by atoms with Gasteiger partial charge in [-0.1, -0.05) is 44.2 Å². The highest BCUT2D eigenvalue weighted by atomic mass is 32.2. The number of para-hydroxylation sites is 2. The molecule has 1 saturated heterocycles. The first kappa shape index (κ1) is 35.2. The maximum absolute atomic E-state index is 13.7. The molecule has 4 aromatic rings. The van der Waals surface area contributed by atoms with Gasteiger partial charge in [0.25, 0.3) is 15.9 Å². The van der Waals surface area contributed by atoms with E-state index in [0.29, 0.717) is 32.1 Å². The first-order valence-corrected chi connectivity index (χ1v) is 18.3. The van der Waals surface area contributed by atoms with Gasteiger partial charge in [-0.15, -0.1) is 12.6 Å². The molecule has 5 rings (SSSR count). The van der Waals surface area contributed by atoms with Crippen LogP contribution in [0, 0.1) is 0 Å². The second-order valence-corrected chi connectivity index (χ2v) is 14.6. The fraction of sp³-hybridized carbons (Fsp3) is 0.323. The first-order valence-electron chi connectivity index (χ1n) is 14.9. The van der Waals surface area contributed by atoms with E-state index < -0.39 is 20.0 Å². The van der Waals surface area contributed by atoms with Crippen LogP contribution in [-0.2, 0) is 24.8 Å². The Kier molecular flexibility index (Phi) is 11.3. The molecule has 0 bridgehead atoms. The van der Waals surface area contributed by atoms with E-state index in [-0.39, 0.29) is 63.0 Å². The van der Waals surface area contributed by atoms with Crippen LogP contribution in [0.1, 0.15) is 25.3 Å². The van der Waals surface area contributed by atoms with Gasteiger partial charge in [-0.3, -0.25) is 4.72 Å². The Bertz CT molecular complexity index is 1940. The molecular weight excluding hydrogens is 681 g/mol. The highest BCUT2D eigenvalue weighted by Crippen LogP contribution is 2.41. The molecule has 0 saturated carbocycles. The van der Waals surface area contributed by atoms with E-state index in [0.717, 1.165) is 5.56 Å². The molecule has 2 aromatic carbocycles. The van der Waals surface area contributed by atoms with Crippen LogP contribution in [0.2, 0.25) is 0 Å². The number of aromatic nitrogens is 3. The SMILES string of the molecule is COc1ccccc1Oc1c(NS(=O)(=O)c2ccc(C(C)C)cn2)nc(N2CCOCC2)nc1OCCNS(=O)(=O)c1ccccc1S. The van der Waals surface area contributed by atoms with Crippen molar-refractivity contribution in [3.63, 3.8) is 0 Å². The van der Waals surface area contributed by atoms with E-state index in [1.165, 1.54) is 25.4 Å². The maximum Gasteiger partial charge on any atom is 0.280 e. The fourth-order valence-corrected chi connectivity index (χ4v) is 7.12. The average Bonchev–Trinajstić information content (AvgIpc) is 3.08. The molecule has 2 N–H and O–H groups in total. The number of morpholine rings is 1. The Labute approximate surface area is 285 Å². The zero-order valence-electron chi connectivity index (χ0n) is 26.5. The molecular formula is C31H36N6O8S3. The summed E-state index contributed by atoms with van der Waals surface area (Å²) in [7, 11) is -6.75. The van der Waals surface area contributed by atoms with Crippen molar-refractivity contribution in [1.29, 1.82) is 0 Å². The predicted molar refractivity (Wildman–Crippen MR) is 182 cm³/mol. The smallest absolute Gasteiger partial charge is 0.280 e. The van der Waals surface area contributed by atoms with Crippen molar-refractivity contribution in [2.75, 3.05) is 56.2 Å². The number of benzene rings is 2. The molecule has 0 unspecified atom stereocenters. The van der Waals surface area contributed by atoms with Gasteiger partial charge in [0, 0.05) is 30.7 Å². The van der Waals surface area contributed by atoms with Crippen LogP contribution >= 0.6 is 12.6 Å². The molecule has 0 aliphatic carbocycles. The second-order valence-electron chi connectivity index (χ2n) is 10.8. The number of hydrogen-bond donors (Lipinski definition) is 3. The van der Waals surface area contributed by atoms with Crippen LogP contribution in [0.3, 0.4) is 0 Å². The number of anilines is 2. The van der Waals surface area contributed by atoms with Gasteiger partial charge in [-0.2, -0.15) is 18.4 Å². The average molecular weight is 717 g/mol. The third-order valence-electron chi connectivity index (χ3n) is 7.12. The van der Waals surface area contributed by atoms with Crippen molar-refractivity contribution in [1.82, 2.24) is 19.7 Å². The summed E-state index contributed by atoms with van der Waals surface area (Å²) in [5.74, 6) is 0.308. The normalized spacial score (nSPS) is 13.7. The van der Waals surface area contributed by atoms with Crippen LogP contribution in [0.15, 0.2) is 81.7 Å². The maximum atomic E-state index is 13.7. The van der Waals surface area contributed by atoms with Gasteiger partial charge in [0.05, 0.1) is 25.2 Å². The molecule has 0 atom stereocenters. The quantitative estimate of drug-likeness (QED) is 0.126. The Balaban J connectivity index is 1.52. The molecule has 17 heteroatoms. The summed E-state index contributed by atoms with van der Waals surface area (Å²) in [5, 5.41) is -0.233. The number of nitrogens with one attached hydrogen (secondary N) is 2. The molecule has 1 aliphatic heterocycles. The number of methoxy groups -OCH3 is 1. The number of ether oxygens (including phenoxy) is 4. The van der Waals surface area contributed by atoms with Crippen molar-refractivity contribution in [2.45, 2.75) is 34.6 Å². The standard InChI is InChI=1S/C31H36N6O8S3/c1-21(2)22-12-13-27(32-20-22)48(40,41)36-29-28(45-24-9-5-4-8-23(24)42-3)30(35-31(34-29)37-15-18-43-19-16-37)44-17-14-33-47(38,39)26-11-7-6-10-25(26)46/h4-13,20-21,33,46H,14-19H2,1-3H3,(H,34,35,36). The van der Waals surface area contributed by atoms with Crippen LogP contribution in [0.4, 0.5) is 11.8 Å². The van der Waals surface area contributed by atoms with Crippen LogP contribution < -0.4 is 28.6 Å². The van der Waals surface area contributed by atoms with E-state index in [4.69, 9.17) is 18.9 Å². The largest absolute Gasteiger partial charge is 0.493 e. The van der Waals surface area contributed by atoms with Crippen molar-refractivity contribution in [3.05, 3.63) is 72.4 Å². The van der Waals surface area contributed by atoms with E-state index in [1.807, 2.05) is 18.7 Å². The Morgan fingerprint density at radius 1 is 0.938 bits per heavy atom. The lowest BCUT2D eigenvalue weighted by atomic mass is 10.1. The molecule has 3 heterocycles. The topological polar surface area (TPSA) is 171 Å². The zero-order chi connectivity index (χ0) is 34.3. The van der Waals surface area contributed by atoms with Crippen molar-refractivity contribution in [3.8, 4) is 23.1 Å². The van der Waals surface area contributed by atoms with Crippen molar-refractivity contribution < 1.29 is 35.8 Å². The van der Waals surface area contributed by atoms with Crippen molar-refractivity contribution >= 4 is 44.4 Å². The molecule has 0 radical (unpaired) electrons. The van der Waals surface area contributed by atoms with Gasteiger partial charge >= 0.3 is 0 Å². The van der Waals surface area contributed by atoms with Crippen LogP contribution in [0.25, 0.3) is 0 Å². The molecule has 1 fully saturated rings. The number of sulfonamides is 2. The van der Waals surface area contributed by atoms with E-state index >= 15 is 0 Å². The van der Waals surface area contributed by atoms with Gasteiger partial charge < -0.3 is 23.8 Å². The van der Waals surface area contributed by atoms with Crippen molar-refractivity contribution in [2.24, 2.45) is 0 Å². The summed E-state index contributed by atoms with van der Waals surface area (Å²) in [5.41, 5.74) is 0.870. The van der Waals surface area contributed by atoms with Gasteiger partial charge in [0.1, 0.15) is 6.61 Å². The molecule has 0 amide bonds. The lowest BCUT2D eigenvalue weighted by Gasteiger charge is -2.28. The second kappa shape index (κ2) is 15.4. The summed E-state index contributed by atoms with van der Waals surface area (Å²) in [6, 6.07) is 16.1. The monoisotopic (exact) mass is 716 g/mol. The number of pyridine rings is 1. The number of hydrogen-bond acceptors (Lipinski definition) is 13. The number of thiol groups is 1. The first-order chi connectivity index (χ1) is 23.0. The summed E-state index contributed by atoms with van der Waals surface area (Å²) >= 11 is 4.25. The Hall–Kier alpha value is -4.16. The minimum Gasteiger partial charge on any atom is -0.493 e. The predicted octanol–water partition coefficient (Wildman–Crippen LogP) is 4.08. The van der Waals surface area contributed by atoms with Crippen LogP contribution in [-0.4, -0.2) is 78.4 Å². The molecule has 1 aliphatic rings. The minimum atomic E-state index is -4.29.